The molecule has 0 amide bonds. The van der Waals surface area contributed by atoms with Crippen LogP contribution >= 0.6 is 0 Å². The summed E-state index contributed by atoms with van der Waals surface area (Å²) in [5.74, 6) is -0.646. The normalized spacial score (nSPS) is 19.6. The van der Waals surface area contributed by atoms with Gasteiger partial charge in [-0.25, -0.2) is 0 Å². The lowest BCUT2D eigenvalue weighted by molar-refractivity contribution is -0.138. The standard InChI is InChI=1S/C13H25NO2/c1-2-3-5-8-12(11-13(15)16)14-9-6-4-7-10-14/h12H,2-11H2,1H3,(H,15,16). The number of aliphatic carboxylic acids is 1. The summed E-state index contributed by atoms with van der Waals surface area (Å²) in [7, 11) is 0. The highest BCUT2D eigenvalue weighted by Gasteiger charge is 2.22. The average Bonchev–Trinajstić information content (AvgIpc) is 2.29. The first kappa shape index (κ1) is 13.5. The van der Waals surface area contributed by atoms with Crippen molar-refractivity contribution in [2.24, 2.45) is 0 Å². The monoisotopic (exact) mass is 227 g/mol. The number of carboxylic acids is 1. The van der Waals surface area contributed by atoms with Gasteiger partial charge >= 0.3 is 5.97 Å². The topological polar surface area (TPSA) is 40.5 Å². The van der Waals surface area contributed by atoms with Gasteiger partial charge in [-0.05, 0) is 32.4 Å². The van der Waals surface area contributed by atoms with Crippen molar-refractivity contribution in [3.8, 4) is 0 Å². The Morgan fingerprint density at radius 2 is 1.94 bits per heavy atom. The Kier molecular flexibility index (Phi) is 6.46. The minimum Gasteiger partial charge on any atom is -0.481 e. The van der Waals surface area contributed by atoms with Crippen LogP contribution in [0.25, 0.3) is 0 Å². The highest BCUT2D eigenvalue weighted by molar-refractivity contribution is 5.67. The van der Waals surface area contributed by atoms with Crippen molar-refractivity contribution in [1.29, 1.82) is 0 Å². The van der Waals surface area contributed by atoms with Gasteiger partial charge in [-0.15, -0.1) is 0 Å². The second kappa shape index (κ2) is 7.66. The quantitative estimate of drug-likeness (QED) is 0.680. The molecule has 1 aliphatic heterocycles. The van der Waals surface area contributed by atoms with Gasteiger partial charge in [-0.2, -0.15) is 0 Å². The Hall–Kier alpha value is -0.570. The molecular formula is C13H25NO2. The number of likely N-dealkylation sites (tertiary alicyclic amines) is 1. The summed E-state index contributed by atoms with van der Waals surface area (Å²) in [6.07, 6.45) is 8.78. The van der Waals surface area contributed by atoms with E-state index in [0.29, 0.717) is 6.42 Å². The number of hydrogen-bond acceptors (Lipinski definition) is 2. The summed E-state index contributed by atoms with van der Waals surface area (Å²) < 4.78 is 0. The average molecular weight is 227 g/mol. The van der Waals surface area contributed by atoms with Crippen LogP contribution in [0.15, 0.2) is 0 Å². The van der Waals surface area contributed by atoms with E-state index in [4.69, 9.17) is 5.11 Å². The van der Waals surface area contributed by atoms with E-state index in [2.05, 4.69) is 11.8 Å². The Balaban J connectivity index is 2.37. The van der Waals surface area contributed by atoms with Crippen LogP contribution in [-0.4, -0.2) is 35.1 Å². The first-order chi connectivity index (χ1) is 7.74. The summed E-state index contributed by atoms with van der Waals surface area (Å²) in [6.45, 7) is 4.39. The predicted molar refractivity (Wildman–Crippen MR) is 65.6 cm³/mol. The van der Waals surface area contributed by atoms with E-state index in [-0.39, 0.29) is 6.04 Å². The fourth-order valence-electron chi connectivity index (χ4n) is 2.53. The molecule has 0 aromatic carbocycles. The molecule has 0 aromatic heterocycles. The molecule has 0 spiro atoms. The van der Waals surface area contributed by atoms with Crippen molar-refractivity contribution in [3.05, 3.63) is 0 Å². The van der Waals surface area contributed by atoms with Gasteiger partial charge in [-0.1, -0.05) is 32.6 Å². The molecular weight excluding hydrogens is 202 g/mol. The molecule has 1 N–H and O–H groups in total. The van der Waals surface area contributed by atoms with Crippen molar-refractivity contribution < 1.29 is 9.90 Å². The van der Waals surface area contributed by atoms with Crippen LogP contribution in [0, 0.1) is 0 Å². The Labute approximate surface area is 98.8 Å². The van der Waals surface area contributed by atoms with Gasteiger partial charge < -0.3 is 5.11 Å². The van der Waals surface area contributed by atoms with Crippen LogP contribution in [-0.2, 0) is 4.79 Å². The summed E-state index contributed by atoms with van der Waals surface area (Å²) in [6, 6.07) is 0.282. The molecule has 0 aliphatic carbocycles. The molecule has 1 unspecified atom stereocenters. The molecule has 0 saturated carbocycles. The summed E-state index contributed by atoms with van der Waals surface area (Å²) in [4.78, 5) is 13.3. The SMILES string of the molecule is CCCCCC(CC(=O)O)N1CCCCC1. The number of nitrogens with zero attached hydrogens (tertiary/aromatic N) is 1. The number of rotatable bonds is 7. The Morgan fingerprint density at radius 3 is 2.50 bits per heavy atom. The number of unbranched alkanes of at least 4 members (excludes halogenated alkanes) is 2. The zero-order chi connectivity index (χ0) is 11.8. The van der Waals surface area contributed by atoms with Gasteiger partial charge in [0.25, 0.3) is 0 Å². The van der Waals surface area contributed by atoms with Crippen molar-refractivity contribution in [1.82, 2.24) is 4.90 Å². The van der Waals surface area contributed by atoms with Crippen molar-refractivity contribution in [2.75, 3.05) is 13.1 Å². The van der Waals surface area contributed by atoms with Gasteiger partial charge in [0.05, 0.1) is 6.42 Å². The molecule has 3 nitrogen and oxygen atoms in total. The molecule has 0 aromatic rings. The zero-order valence-corrected chi connectivity index (χ0v) is 10.5. The minimum atomic E-state index is -0.646. The maximum Gasteiger partial charge on any atom is 0.304 e. The summed E-state index contributed by atoms with van der Waals surface area (Å²) in [5.41, 5.74) is 0. The fourth-order valence-corrected chi connectivity index (χ4v) is 2.53. The summed E-state index contributed by atoms with van der Waals surface area (Å²) >= 11 is 0. The first-order valence-corrected chi connectivity index (χ1v) is 6.70. The van der Waals surface area contributed by atoms with Gasteiger partial charge in [0.15, 0.2) is 0 Å². The number of carbonyl (C=O) groups is 1. The third-order valence-electron chi connectivity index (χ3n) is 3.46. The van der Waals surface area contributed by atoms with Crippen LogP contribution in [0.3, 0.4) is 0 Å². The van der Waals surface area contributed by atoms with E-state index in [0.717, 1.165) is 19.5 Å². The second-order valence-corrected chi connectivity index (χ2v) is 4.84. The van der Waals surface area contributed by atoms with Crippen molar-refractivity contribution in [3.63, 3.8) is 0 Å². The van der Waals surface area contributed by atoms with Gasteiger partial charge in [0.1, 0.15) is 0 Å². The van der Waals surface area contributed by atoms with Crippen LogP contribution < -0.4 is 0 Å². The molecule has 3 heteroatoms. The maximum absolute atomic E-state index is 10.9. The smallest absolute Gasteiger partial charge is 0.304 e. The Morgan fingerprint density at radius 1 is 1.25 bits per heavy atom. The molecule has 94 valence electrons. The van der Waals surface area contributed by atoms with Crippen LogP contribution in [0.5, 0.6) is 0 Å². The van der Waals surface area contributed by atoms with Crippen LogP contribution in [0.1, 0.15) is 58.3 Å². The zero-order valence-electron chi connectivity index (χ0n) is 10.5. The highest BCUT2D eigenvalue weighted by Crippen LogP contribution is 2.19. The molecule has 1 heterocycles. The van der Waals surface area contributed by atoms with E-state index in [9.17, 15) is 4.79 Å². The number of carboxylic acid groups (broad SMARTS) is 1. The molecule has 1 aliphatic rings. The third kappa shape index (κ3) is 4.97. The minimum absolute atomic E-state index is 0.282. The Bertz CT molecular complexity index is 200. The molecule has 1 rings (SSSR count). The van der Waals surface area contributed by atoms with E-state index in [1.165, 1.54) is 38.5 Å². The van der Waals surface area contributed by atoms with E-state index in [1.54, 1.807) is 0 Å². The van der Waals surface area contributed by atoms with Crippen molar-refractivity contribution >= 4 is 5.97 Å². The molecule has 0 bridgehead atoms. The number of piperidine rings is 1. The molecule has 1 atom stereocenters. The van der Waals surface area contributed by atoms with Gasteiger partial charge in [0.2, 0.25) is 0 Å². The van der Waals surface area contributed by atoms with Gasteiger partial charge in [-0.3, -0.25) is 9.69 Å². The highest BCUT2D eigenvalue weighted by atomic mass is 16.4. The first-order valence-electron chi connectivity index (χ1n) is 6.70. The van der Waals surface area contributed by atoms with Crippen molar-refractivity contribution in [2.45, 2.75) is 64.3 Å². The lowest BCUT2D eigenvalue weighted by Gasteiger charge is -2.33. The maximum atomic E-state index is 10.9. The molecule has 16 heavy (non-hydrogen) atoms. The largest absolute Gasteiger partial charge is 0.481 e. The van der Waals surface area contributed by atoms with E-state index < -0.39 is 5.97 Å². The molecule has 1 saturated heterocycles. The van der Waals surface area contributed by atoms with E-state index >= 15 is 0 Å². The third-order valence-corrected chi connectivity index (χ3v) is 3.46. The molecule has 1 fully saturated rings. The van der Waals surface area contributed by atoms with Crippen LogP contribution in [0.2, 0.25) is 0 Å². The lowest BCUT2D eigenvalue weighted by atomic mass is 10.0. The number of hydrogen-bond donors (Lipinski definition) is 1. The fraction of sp³-hybridized carbons (Fsp3) is 0.923. The molecule has 0 radical (unpaired) electrons. The lowest BCUT2D eigenvalue weighted by Crippen LogP contribution is -2.40. The second-order valence-electron chi connectivity index (χ2n) is 4.84. The van der Waals surface area contributed by atoms with E-state index in [1.807, 2.05) is 0 Å². The van der Waals surface area contributed by atoms with Gasteiger partial charge in [0, 0.05) is 6.04 Å². The van der Waals surface area contributed by atoms with Crippen LogP contribution in [0.4, 0.5) is 0 Å². The summed E-state index contributed by atoms with van der Waals surface area (Å²) in [5, 5.41) is 8.94. The predicted octanol–water partition coefficient (Wildman–Crippen LogP) is 2.90.